The summed E-state index contributed by atoms with van der Waals surface area (Å²) in [6.45, 7) is 0.601. The van der Waals surface area contributed by atoms with Gasteiger partial charge in [-0.25, -0.2) is 0 Å². The van der Waals surface area contributed by atoms with Crippen LogP contribution >= 0.6 is 15.9 Å². The van der Waals surface area contributed by atoms with Crippen LogP contribution in [0.3, 0.4) is 0 Å². The average Bonchev–Trinajstić information content (AvgIpc) is 3.15. The van der Waals surface area contributed by atoms with Gasteiger partial charge in [0, 0.05) is 16.4 Å². The van der Waals surface area contributed by atoms with E-state index in [1.165, 1.54) is 12.8 Å². The van der Waals surface area contributed by atoms with Crippen LogP contribution in [0.1, 0.15) is 32.1 Å². The van der Waals surface area contributed by atoms with Crippen molar-refractivity contribution in [3.63, 3.8) is 0 Å². The maximum Gasteiger partial charge on any atom is 0.227 e. The van der Waals surface area contributed by atoms with Crippen LogP contribution in [-0.4, -0.2) is 18.5 Å². The maximum absolute atomic E-state index is 12.5. The Morgan fingerprint density at radius 2 is 2.05 bits per heavy atom. The molecule has 2 saturated carbocycles. The van der Waals surface area contributed by atoms with Gasteiger partial charge >= 0.3 is 0 Å². The van der Waals surface area contributed by atoms with Crippen LogP contribution in [0, 0.1) is 11.8 Å². The minimum atomic E-state index is 0.0581. The molecule has 2 atom stereocenters. The fraction of sp³-hybridized carbons (Fsp3) is 0.562. The number of amides is 1. The van der Waals surface area contributed by atoms with Gasteiger partial charge in [-0.2, -0.15) is 0 Å². The van der Waals surface area contributed by atoms with Crippen LogP contribution in [0.4, 0.5) is 11.4 Å². The summed E-state index contributed by atoms with van der Waals surface area (Å²) in [5.74, 6) is 0.500. The smallest absolute Gasteiger partial charge is 0.227 e. The predicted molar refractivity (Wildman–Crippen MR) is 89.3 cm³/mol. The van der Waals surface area contributed by atoms with E-state index in [9.17, 15) is 4.79 Å². The van der Waals surface area contributed by atoms with E-state index in [1.54, 1.807) is 0 Å². The first-order valence-corrected chi connectivity index (χ1v) is 8.53. The van der Waals surface area contributed by atoms with E-state index >= 15 is 0 Å². The molecule has 2 aliphatic carbocycles. The predicted octanol–water partition coefficient (Wildman–Crippen LogP) is 3.34. The molecular weight excluding hydrogens is 330 g/mol. The summed E-state index contributed by atoms with van der Waals surface area (Å²) in [7, 11) is 0. The Morgan fingerprint density at radius 1 is 1.24 bits per heavy atom. The van der Waals surface area contributed by atoms with E-state index in [0.29, 0.717) is 18.5 Å². The first-order valence-electron chi connectivity index (χ1n) is 7.74. The van der Waals surface area contributed by atoms with Crippen molar-refractivity contribution in [1.82, 2.24) is 0 Å². The molecule has 0 unspecified atom stereocenters. The summed E-state index contributed by atoms with van der Waals surface area (Å²) in [5, 5.41) is 6.58. The third-order valence-corrected chi connectivity index (χ3v) is 4.97. The molecule has 21 heavy (non-hydrogen) atoms. The highest BCUT2D eigenvalue weighted by molar-refractivity contribution is 9.10. The van der Waals surface area contributed by atoms with Crippen molar-refractivity contribution < 1.29 is 4.79 Å². The Labute approximate surface area is 134 Å². The normalized spacial score (nSPS) is 24.9. The Morgan fingerprint density at radius 3 is 2.76 bits per heavy atom. The number of nitrogens with one attached hydrogen (secondary N) is 2. The standard InChI is InChI=1S/C16H22BrN3O/c17-11-4-7-14(19-12-5-6-12)15(8-11)20-16(21)13-3-1-2-10(13)9-18/h4,7-8,10,12-13,19H,1-3,5-6,9,18H2,(H,20,21)/t10-,13-/m1/s1. The summed E-state index contributed by atoms with van der Waals surface area (Å²) in [5.41, 5.74) is 7.66. The van der Waals surface area contributed by atoms with E-state index in [1.807, 2.05) is 18.2 Å². The monoisotopic (exact) mass is 351 g/mol. The topological polar surface area (TPSA) is 67.2 Å². The second-order valence-electron chi connectivity index (χ2n) is 6.13. The summed E-state index contributed by atoms with van der Waals surface area (Å²) in [6.07, 6.45) is 5.54. The lowest BCUT2D eigenvalue weighted by Crippen LogP contribution is -2.30. The fourth-order valence-corrected chi connectivity index (χ4v) is 3.44. The maximum atomic E-state index is 12.5. The molecule has 3 rings (SSSR count). The molecule has 0 radical (unpaired) electrons. The molecule has 0 heterocycles. The zero-order chi connectivity index (χ0) is 14.8. The number of benzene rings is 1. The van der Waals surface area contributed by atoms with Crippen molar-refractivity contribution in [2.45, 2.75) is 38.1 Å². The Balaban J connectivity index is 1.73. The molecule has 4 nitrogen and oxygen atoms in total. The van der Waals surface area contributed by atoms with Crippen LogP contribution < -0.4 is 16.4 Å². The Hall–Kier alpha value is -1.07. The molecule has 2 fully saturated rings. The molecule has 1 aromatic rings. The lowest BCUT2D eigenvalue weighted by atomic mass is 9.95. The second kappa shape index (κ2) is 6.36. The number of hydrogen-bond donors (Lipinski definition) is 3. The van der Waals surface area contributed by atoms with Crippen LogP contribution in [0.2, 0.25) is 0 Å². The van der Waals surface area contributed by atoms with Gasteiger partial charge in [-0.3, -0.25) is 4.79 Å². The lowest BCUT2D eigenvalue weighted by Gasteiger charge is -2.19. The molecule has 5 heteroatoms. The molecule has 114 valence electrons. The zero-order valence-electron chi connectivity index (χ0n) is 12.1. The van der Waals surface area contributed by atoms with Gasteiger partial charge in [-0.15, -0.1) is 0 Å². The van der Waals surface area contributed by atoms with Gasteiger partial charge in [0.2, 0.25) is 5.91 Å². The van der Waals surface area contributed by atoms with E-state index < -0.39 is 0 Å². The second-order valence-corrected chi connectivity index (χ2v) is 7.05. The third kappa shape index (κ3) is 3.58. The van der Waals surface area contributed by atoms with Gasteiger partial charge in [0.15, 0.2) is 0 Å². The zero-order valence-corrected chi connectivity index (χ0v) is 13.7. The van der Waals surface area contributed by atoms with E-state index in [0.717, 1.165) is 35.1 Å². The molecule has 0 saturated heterocycles. The summed E-state index contributed by atoms with van der Waals surface area (Å²) in [4.78, 5) is 12.5. The minimum Gasteiger partial charge on any atom is -0.381 e. The minimum absolute atomic E-state index is 0.0581. The fourth-order valence-electron chi connectivity index (χ4n) is 3.08. The van der Waals surface area contributed by atoms with Crippen molar-refractivity contribution in [3.8, 4) is 0 Å². The van der Waals surface area contributed by atoms with Gasteiger partial charge in [0.1, 0.15) is 0 Å². The van der Waals surface area contributed by atoms with Gasteiger partial charge in [-0.05, 0) is 56.3 Å². The molecule has 0 spiro atoms. The number of halogens is 1. The molecule has 1 aromatic carbocycles. The molecule has 2 aliphatic rings. The highest BCUT2D eigenvalue weighted by Gasteiger charge is 2.32. The first-order chi connectivity index (χ1) is 10.2. The highest BCUT2D eigenvalue weighted by Crippen LogP contribution is 2.35. The SMILES string of the molecule is NC[C@H]1CCC[C@H]1C(=O)Nc1cc(Br)ccc1NC1CC1. The number of hydrogen-bond acceptors (Lipinski definition) is 3. The molecule has 1 amide bonds. The summed E-state index contributed by atoms with van der Waals surface area (Å²) in [6, 6.07) is 6.55. The number of anilines is 2. The van der Waals surface area contributed by atoms with Gasteiger partial charge in [0.05, 0.1) is 11.4 Å². The number of nitrogens with two attached hydrogens (primary N) is 1. The molecule has 4 N–H and O–H groups in total. The van der Waals surface area contributed by atoms with Crippen LogP contribution in [0.15, 0.2) is 22.7 Å². The van der Waals surface area contributed by atoms with Gasteiger partial charge in [0.25, 0.3) is 0 Å². The van der Waals surface area contributed by atoms with Crippen LogP contribution in [0.5, 0.6) is 0 Å². The summed E-state index contributed by atoms with van der Waals surface area (Å²) >= 11 is 3.48. The molecule has 0 bridgehead atoms. The van der Waals surface area contributed by atoms with Crippen molar-refractivity contribution in [2.24, 2.45) is 17.6 Å². The Kier molecular flexibility index (Phi) is 4.50. The van der Waals surface area contributed by atoms with E-state index in [4.69, 9.17) is 5.73 Å². The molecule has 0 aromatic heterocycles. The van der Waals surface area contributed by atoms with Crippen molar-refractivity contribution in [1.29, 1.82) is 0 Å². The largest absolute Gasteiger partial charge is 0.381 e. The quantitative estimate of drug-likeness (QED) is 0.761. The van der Waals surface area contributed by atoms with Crippen molar-refractivity contribution in [2.75, 3.05) is 17.2 Å². The number of rotatable bonds is 5. The van der Waals surface area contributed by atoms with E-state index in [2.05, 4.69) is 26.6 Å². The van der Waals surface area contributed by atoms with Gasteiger partial charge in [-0.1, -0.05) is 22.4 Å². The van der Waals surface area contributed by atoms with Crippen molar-refractivity contribution in [3.05, 3.63) is 22.7 Å². The van der Waals surface area contributed by atoms with Crippen LogP contribution in [0.25, 0.3) is 0 Å². The molecular formula is C16H22BrN3O. The summed E-state index contributed by atoms with van der Waals surface area (Å²) < 4.78 is 0.973. The number of carbonyl (C=O) groups is 1. The third-order valence-electron chi connectivity index (χ3n) is 4.48. The van der Waals surface area contributed by atoms with E-state index in [-0.39, 0.29) is 11.8 Å². The number of carbonyl (C=O) groups excluding carboxylic acids is 1. The van der Waals surface area contributed by atoms with Crippen molar-refractivity contribution >= 4 is 33.2 Å². The average molecular weight is 352 g/mol. The first kappa shape index (κ1) is 14.9. The Bertz CT molecular complexity index is 530. The van der Waals surface area contributed by atoms with Gasteiger partial charge < -0.3 is 16.4 Å². The molecule has 0 aliphatic heterocycles. The van der Waals surface area contributed by atoms with Crippen LogP contribution in [-0.2, 0) is 4.79 Å². The highest BCUT2D eigenvalue weighted by atomic mass is 79.9. The lowest BCUT2D eigenvalue weighted by molar-refractivity contribution is -0.120.